The molecule has 9 heteroatoms. The van der Waals surface area contributed by atoms with Crippen molar-refractivity contribution in [1.29, 1.82) is 0 Å². The maximum absolute atomic E-state index is 12.7. The van der Waals surface area contributed by atoms with Gasteiger partial charge in [-0.15, -0.1) is 0 Å². The van der Waals surface area contributed by atoms with Crippen molar-refractivity contribution in [3.8, 4) is 0 Å². The highest BCUT2D eigenvalue weighted by Crippen LogP contribution is 2.25. The predicted octanol–water partition coefficient (Wildman–Crippen LogP) is 1.27. The Morgan fingerprint density at radius 2 is 2.09 bits per heavy atom. The topological polar surface area (TPSA) is 68.9 Å². The van der Waals surface area contributed by atoms with E-state index in [1.165, 1.54) is 0 Å². The minimum Gasteiger partial charge on any atom is -0.350 e. The SMILES string of the molecule is C[C@H](Cn1cccn1)NC(=O)Cn1cccc(C(F)(F)F)c1=O. The van der Waals surface area contributed by atoms with E-state index in [-0.39, 0.29) is 6.04 Å². The van der Waals surface area contributed by atoms with Gasteiger partial charge in [-0.25, -0.2) is 0 Å². The first kappa shape index (κ1) is 16.8. The van der Waals surface area contributed by atoms with Gasteiger partial charge in [-0.2, -0.15) is 18.3 Å². The van der Waals surface area contributed by atoms with Gasteiger partial charge in [0.15, 0.2) is 0 Å². The van der Waals surface area contributed by atoms with Crippen LogP contribution in [0.15, 0.2) is 41.6 Å². The summed E-state index contributed by atoms with van der Waals surface area (Å²) in [5, 5.41) is 6.60. The molecule has 0 unspecified atom stereocenters. The van der Waals surface area contributed by atoms with E-state index in [9.17, 15) is 22.8 Å². The van der Waals surface area contributed by atoms with Crippen LogP contribution in [0.5, 0.6) is 0 Å². The van der Waals surface area contributed by atoms with Crippen LogP contribution in [0.25, 0.3) is 0 Å². The van der Waals surface area contributed by atoms with Crippen molar-refractivity contribution in [2.24, 2.45) is 0 Å². The van der Waals surface area contributed by atoms with Gasteiger partial charge in [0.1, 0.15) is 12.1 Å². The summed E-state index contributed by atoms with van der Waals surface area (Å²) in [6.45, 7) is 1.66. The lowest BCUT2D eigenvalue weighted by Crippen LogP contribution is -2.40. The largest absolute Gasteiger partial charge is 0.421 e. The average molecular weight is 328 g/mol. The van der Waals surface area contributed by atoms with Crippen LogP contribution < -0.4 is 10.9 Å². The van der Waals surface area contributed by atoms with E-state index in [4.69, 9.17) is 0 Å². The van der Waals surface area contributed by atoms with E-state index < -0.39 is 29.8 Å². The number of hydrogen-bond donors (Lipinski definition) is 1. The number of nitrogens with one attached hydrogen (secondary N) is 1. The molecule has 0 aliphatic carbocycles. The first-order valence-electron chi connectivity index (χ1n) is 6.81. The van der Waals surface area contributed by atoms with Crippen molar-refractivity contribution in [1.82, 2.24) is 19.7 Å². The zero-order chi connectivity index (χ0) is 17.0. The normalized spacial score (nSPS) is 12.9. The van der Waals surface area contributed by atoms with Gasteiger partial charge in [0.25, 0.3) is 5.56 Å². The van der Waals surface area contributed by atoms with Crippen molar-refractivity contribution in [3.05, 3.63) is 52.7 Å². The van der Waals surface area contributed by atoms with Crippen LogP contribution >= 0.6 is 0 Å². The Labute approximate surface area is 129 Å². The van der Waals surface area contributed by atoms with Gasteiger partial charge in [-0.05, 0) is 25.1 Å². The quantitative estimate of drug-likeness (QED) is 0.899. The second-order valence-electron chi connectivity index (χ2n) is 5.05. The maximum Gasteiger partial charge on any atom is 0.421 e. The molecule has 2 aromatic rings. The maximum atomic E-state index is 12.7. The van der Waals surface area contributed by atoms with Crippen molar-refractivity contribution < 1.29 is 18.0 Å². The van der Waals surface area contributed by atoms with Crippen LogP contribution in [0.1, 0.15) is 12.5 Å². The van der Waals surface area contributed by atoms with Gasteiger partial charge in [0.2, 0.25) is 5.91 Å². The Morgan fingerprint density at radius 3 is 2.70 bits per heavy atom. The molecule has 0 saturated carbocycles. The highest BCUT2D eigenvalue weighted by atomic mass is 19.4. The fourth-order valence-corrected chi connectivity index (χ4v) is 2.09. The van der Waals surface area contributed by atoms with E-state index >= 15 is 0 Å². The molecule has 124 valence electrons. The summed E-state index contributed by atoms with van der Waals surface area (Å²) in [4.78, 5) is 23.6. The number of pyridine rings is 1. The Bertz CT molecular complexity index is 722. The lowest BCUT2D eigenvalue weighted by Gasteiger charge is -2.15. The smallest absolute Gasteiger partial charge is 0.350 e. The fraction of sp³-hybridized carbons (Fsp3) is 0.357. The number of carbonyl (C=O) groups is 1. The first-order valence-corrected chi connectivity index (χ1v) is 6.81. The molecule has 0 radical (unpaired) electrons. The van der Waals surface area contributed by atoms with Gasteiger partial charge in [0, 0.05) is 24.6 Å². The van der Waals surface area contributed by atoms with E-state index in [1.54, 1.807) is 30.1 Å². The minimum atomic E-state index is -4.75. The molecule has 2 heterocycles. The summed E-state index contributed by atoms with van der Waals surface area (Å²) in [5.41, 5.74) is -2.53. The Hall–Kier alpha value is -2.58. The van der Waals surface area contributed by atoms with Crippen LogP contribution in [0.3, 0.4) is 0 Å². The zero-order valence-electron chi connectivity index (χ0n) is 12.2. The summed E-state index contributed by atoms with van der Waals surface area (Å²) >= 11 is 0. The lowest BCUT2D eigenvalue weighted by atomic mass is 10.2. The van der Waals surface area contributed by atoms with E-state index in [1.807, 2.05) is 0 Å². The van der Waals surface area contributed by atoms with Crippen molar-refractivity contribution in [3.63, 3.8) is 0 Å². The van der Waals surface area contributed by atoms with Gasteiger partial charge >= 0.3 is 6.18 Å². The number of halogens is 3. The lowest BCUT2D eigenvalue weighted by molar-refractivity contribution is -0.139. The molecule has 1 atom stereocenters. The molecular formula is C14H15F3N4O2. The molecule has 1 N–H and O–H groups in total. The summed E-state index contributed by atoms with van der Waals surface area (Å²) < 4.78 is 40.3. The standard InChI is InChI=1S/C14H15F3N4O2/c1-10(8-21-7-3-5-18-21)19-12(22)9-20-6-2-4-11(13(20)23)14(15,16)17/h2-7,10H,8-9H2,1H3,(H,19,22)/t10-/m1/s1. The fourth-order valence-electron chi connectivity index (χ4n) is 2.09. The van der Waals surface area contributed by atoms with Gasteiger partial charge in [-0.1, -0.05) is 0 Å². The number of nitrogens with zero attached hydrogens (tertiary/aromatic N) is 3. The second-order valence-corrected chi connectivity index (χ2v) is 5.05. The molecule has 0 aromatic carbocycles. The number of alkyl halides is 3. The number of amides is 1. The molecule has 2 aromatic heterocycles. The molecule has 0 aliphatic rings. The number of carbonyl (C=O) groups excluding carboxylic acids is 1. The molecule has 0 saturated heterocycles. The first-order chi connectivity index (χ1) is 10.8. The predicted molar refractivity (Wildman–Crippen MR) is 75.5 cm³/mol. The highest BCUT2D eigenvalue weighted by Gasteiger charge is 2.34. The van der Waals surface area contributed by atoms with Crippen LogP contribution in [-0.4, -0.2) is 26.3 Å². The number of aromatic nitrogens is 3. The summed E-state index contributed by atoms with van der Waals surface area (Å²) in [6, 6.07) is 3.22. The Kier molecular flexibility index (Phi) is 4.87. The van der Waals surface area contributed by atoms with Gasteiger partial charge in [-0.3, -0.25) is 14.3 Å². The molecule has 0 aliphatic heterocycles. The third-order valence-corrected chi connectivity index (χ3v) is 3.07. The molecule has 6 nitrogen and oxygen atoms in total. The van der Waals surface area contributed by atoms with Crippen LogP contribution in [0, 0.1) is 0 Å². The Morgan fingerprint density at radius 1 is 1.35 bits per heavy atom. The number of rotatable bonds is 5. The summed E-state index contributed by atoms with van der Waals surface area (Å²) in [7, 11) is 0. The van der Waals surface area contributed by atoms with Crippen molar-refractivity contribution in [2.45, 2.75) is 32.2 Å². The van der Waals surface area contributed by atoms with Gasteiger partial charge in [0.05, 0.1) is 6.54 Å². The van der Waals surface area contributed by atoms with E-state index in [0.29, 0.717) is 12.6 Å². The van der Waals surface area contributed by atoms with E-state index in [0.717, 1.165) is 16.8 Å². The summed E-state index contributed by atoms with van der Waals surface area (Å²) in [5.74, 6) is -0.550. The minimum absolute atomic E-state index is 0.288. The Balaban J connectivity index is 2.02. The zero-order valence-corrected chi connectivity index (χ0v) is 12.2. The highest BCUT2D eigenvalue weighted by molar-refractivity contribution is 5.76. The molecule has 0 bridgehead atoms. The van der Waals surface area contributed by atoms with Crippen molar-refractivity contribution in [2.75, 3.05) is 0 Å². The molecule has 0 fully saturated rings. The number of hydrogen-bond acceptors (Lipinski definition) is 3. The van der Waals surface area contributed by atoms with Crippen LogP contribution in [-0.2, 0) is 24.1 Å². The molecule has 0 spiro atoms. The molecule has 2 rings (SSSR count). The monoisotopic (exact) mass is 328 g/mol. The van der Waals surface area contributed by atoms with Crippen LogP contribution in [0.2, 0.25) is 0 Å². The van der Waals surface area contributed by atoms with E-state index in [2.05, 4.69) is 10.4 Å². The average Bonchev–Trinajstić information content (AvgIpc) is 2.92. The molecular weight excluding hydrogens is 313 g/mol. The third kappa shape index (κ3) is 4.44. The molecule has 1 amide bonds. The van der Waals surface area contributed by atoms with Crippen molar-refractivity contribution >= 4 is 5.91 Å². The molecule has 23 heavy (non-hydrogen) atoms. The summed E-state index contributed by atoms with van der Waals surface area (Å²) in [6.07, 6.45) is -0.282. The second kappa shape index (κ2) is 6.67. The van der Waals surface area contributed by atoms with Gasteiger partial charge < -0.3 is 9.88 Å². The third-order valence-electron chi connectivity index (χ3n) is 3.07. The van der Waals surface area contributed by atoms with Crippen LogP contribution in [0.4, 0.5) is 13.2 Å².